The highest BCUT2D eigenvalue weighted by atomic mass is 35.5. The first-order valence-electron chi connectivity index (χ1n) is 11.0. The lowest BCUT2D eigenvalue weighted by Gasteiger charge is -2.24. The average Bonchev–Trinajstić information content (AvgIpc) is 3.09. The number of halogens is 1. The second-order valence-corrected chi connectivity index (χ2v) is 9.99. The molecule has 1 aliphatic rings. The molecule has 180 valence electrons. The van der Waals surface area contributed by atoms with E-state index in [1.807, 2.05) is 24.3 Å². The zero-order valence-corrected chi connectivity index (χ0v) is 20.9. The lowest BCUT2D eigenvalue weighted by molar-refractivity contribution is -0.145. The van der Waals surface area contributed by atoms with Crippen molar-refractivity contribution in [1.82, 2.24) is 5.32 Å². The van der Waals surface area contributed by atoms with Gasteiger partial charge >= 0.3 is 11.9 Å². The number of hydrogen-bond acceptors (Lipinski definition) is 8. The van der Waals surface area contributed by atoms with E-state index in [0.29, 0.717) is 4.88 Å². The molecule has 1 N–H and O–H groups in total. The summed E-state index contributed by atoms with van der Waals surface area (Å²) in [6.45, 7) is 8.78. The highest BCUT2D eigenvalue weighted by Gasteiger charge is 2.29. The molecule has 0 bridgehead atoms. The van der Waals surface area contributed by atoms with Crippen LogP contribution in [0.1, 0.15) is 50.2 Å². The summed E-state index contributed by atoms with van der Waals surface area (Å²) < 4.78 is 22.2. The van der Waals surface area contributed by atoms with Crippen LogP contribution in [-0.2, 0) is 14.3 Å². The second-order valence-electron chi connectivity index (χ2n) is 8.59. The number of benzene rings is 1. The summed E-state index contributed by atoms with van der Waals surface area (Å²) in [4.78, 5) is 25.5. The molecule has 0 spiro atoms. The van der Waals surface area contributed by atoms with Crippen LogP contribution in [0.4, 0.5) is 0 Å². The Morgan fingerprint density at radius 2 is 1.94 bits per heavy atom. The molecule has 0 atom stereocenters. The van der Waals surface area contributed by atoms with E-state index in [0.717, 1.165) is 48.6 Å². The molecule has 9 heteroatoms. The van der Waals surface area contributed by atoms with Gasteiger partial charge in [0.15, 0.2) is 17.2 Å². The minimum atomic E-state index is -0.700. The van der Waals surface area contributed by atoms with Gasteiger partial charge in [0.1, 0.15) is 22.5 Å². The molecule has 0 radical (unpaired) electrons. The van der Waals surface area contributed by atoms with Gasteiger partial charge < -0.3 is 24.3 Å². The maximum atomic E-state index is 12.9. The molecule has 0 aliphatic carbocycles. The molecular weight excluding hydrogens is 466 g/mol. The van der Waals surface area contributed by atoms with E-state index in [4.69, 9.17) is 30.5 Å². The van der Waals surface area contributed by atoms with Crippen LogP contribution < -0.4 is 14.8 Å². The van der Waals surface area contributed by atoms with Crippen LogP contribution in [0.5, 0.6) is 11.5 Å². The Kier molecular flexibility index (Phi) is 8.62. The van der Waals surface area contributed by atoms with Crippen molar-refractivity contribution < 1.29 is 28.5 Å². The van der Waals surface area contributed by atoms with Gasteiger partial charge in [-0.05, 0) is 71.3 Å². The molecule has 1 fully saturated rings. The van der Waals surface area contributed by atoms with E-state index >= 15 is 0 Å². The Labute approximate surface area is 203 Å². The number of carbonyl (C=O) groups is 2. The minimum absolute atomic E-state index is 0.114. The quantitative estimate of drug-likeness (QED) is 0.510. The zero-order chi connectivity index (χ0) is 24.0. The van der Waals surface area contributed by atoms with Gasteiger partial charge in [-0.25, -0.2) is 9.59 Å². The van der Waals surface area contributed by atoms with Crippen molar-refractivity contribution >= 4 is 34.9 Å². The summed E-state index contributed by atoms with van der Waals surface area (Å²) in [6, 6.07) is 7.57. The molecule has 0 saturated carbocycles. The molecule has 2 heterocycles. The van der Waals surface area contributed by atoms with Gasteiger partial charge in [0.05, 0.1) is 11.5 Å². The molecule has 33 heavy (non-hydrogen) atoms. The number of thiophene rings is 1. The highest BCUT2D eigenvalue weighted by molar-refractivity contribution is 7.18. The topological polar surface area (TPSA) is 83.1 Å². The van der Waals surface area contributed by atoms with Gasteiger partial charge in [-0.2, -0.15) is 0 Å². The van der Waals surface area contributed by atoms with E-state index in [1.54, 1.807) is 27.7 Å². The van der Waals surface area contributed by atoms with Gasteiger partial charge in [0.25, 0.3) is 0 Å². The Balaban J connectivity index is 1.91. The third-order valence-electron chi connectivity index (χ3n) is 4.72. The van der Waals surface area contributed by atoms with Crippen molar-refractivity contribution in [2.75, 3.05) is 26.3 Å². The van der Waals surface area contributed by atoms with Crippen LogP contribution >= 0.6 is 22.9 Å². The zero-order valence-electron chi connectivity index (χ0n) is 19.4. The van der Waals surface area contributed by atoms with Gasteiger partial charge in [0, 0.05) is 0 Å². The number of piperidine rings is 1. The van der Waals surface area contributed by atoms with Crippen LogP contribution in [0, 0.1) is 0 Å². The van der Waals surface area contributed by atoms with Crippen molar-refractivity contribution in [2.24, 2.45) is 0 Å². The molecule has 1 saturated heterocycles. The fourth-order valence-corrected chi connectivity index (χ4v) is 4.76. The Bertz CT molecular complexity index is 978. The molecule has 0 unspecified atom stereocenters. The number of carbonyl (C=O) groups excluding carboxylic acids is 2. The second kappa shape index (κ2) is 11.2. The highest BCUT2D eigenvalue weighted by Crippen LogP contribution is 2.46. The summed E-state index contributed by atoms with van der Waals surface area (Å²) >= 11 is 7.82. The number of hydrogen-bond donors (Lipinski definition) is 1. The van der Waals surface area contributed by atoms with E-state index < -0.39 is 17.5 Å². The molecule has 2 aromatic rings. The summed E-state index contributed by atoms with van der Waals surface area (Å²) in [7, 11) is 0. The van der Waals surface area contributed by atoms with Gasteiger partial charge in [-0.15, -0.1) is 11.3 Å². The molecule has 1 aromatic heterocycles. The third kappa shape index (κ3) is 7.09. The normalized spacial score (nSPS) is 14.6. The molecule has 0 amide bonds. The van der Waals surface area contributed by atoms with Crippen molar-refractivity contribution in [3.05, 3.63) is 34.2 Å². The standard InChI is InChI=1S/C24H30ClNO6S/c1-5-29-18(27)14-30-20-19(25)21(33-22(20)23(28)32-24(2,3)4)15-7-6-8-17(13-15)31-16-9-11-26-12-10-16/h6-8,13,16,26H,5,9-12,14H2,1-4H3. The number of rotatable bonds is 8. The van der Waals surface area contributed by atoms with Crippen molar-refractivity contribution in [2.45, 2.75) is 52.2 Å². The number of esters is 2. The Hall–Kier alpha value is -2.29. The summed E-state index contributed by atoms with van der Waals surface area (Å²) in [5.74, 6) is -0.268. The number of nitrogens with one attached hydrogen (secondary N) is 1. The first-order valence-corrected chi connectivity index (χ1v) is 12.2. The fourth-order valence-electron chi connectivity index (χ4n) is 3.32. The first-order chi connectivity index (χ1) is 15.7. The predicted molar refractivity (Wildman–Crippen MR) is 129 cm³/mol. The largest absolute Gasteiger partial charge is 0.490 e. The van der Waals surface area contributed by atoms with Crippen LogP contribution in [0.2, 0.25) is 5.02 Å². The molecule has 7 nitrogen and oxygen atoms in total. The van der Waals surface area contributed by atoms with Crippen LogP contribution in [0.3, 0.4) is 0 Å². The summed E-state index contributed by atoms with van der Waals surface area (Å²) in [5, 5.41) is 3.56. The molecule has 3 rings (SSSR count). The monoisotopic (exact) mass is 495 g/mol. The third-order valence-corrected chi connectivity index (χ3v) is 6.39. The summed E-state index contributed by atoms with van der Waals surface area (Å²) in [5.41, 5.74) is 0.0848. The van der Waals surface area contributed by atoms with Crippen LogP contribution in [0.15, 0.2) is 24.3 Å². The van der Waals surface area contributed by atoms with E-state index in [-0.39, 0.29) is 35.0 Å². The predicted octanol–water partition coefficient (Wildman–Crippen LogP) is 5.10. The molecular formula is C24H30ClNO6S. The van der Waals surface area contributed by atoms with Crippen molar-refractivity contribution in [3.8, 4) is 21.9 Å². The van der Waals surface area contributed by atoms with Crippen molar-refractivity contribution in [1.29, 1.82) is 0 Å². The molecule has 1 aromatic carbocycles. The van der Waals surface area contributed by atoms with E-state index in [9.17, 15) is 9.59 Å². The SMILES string of the molecule is CCOC(=O)COc1c(C(=O)OC(C)(C)C)sc(-c2cccc(OC3CCNCC3)c2)c1Cl. The Morgan fingerprint density at radius 3 is 2.61 bits per heavy atom. The first kappa shape index (κ1) is 25.3. The van der Waals surface area contributed by atoms with Crippen LogP contribution in [-0.4, -0.2) is 49.9 Å². The molecule has 1 aliphatic heterocycles. The van der Waals surface area contributed by atoms with Gasteiger partial charge in [-0.3, -0.25) is 0 Å². The lowest BCUT2D eigenvalue weighted by atomic mass is 10.1. The maximum absolute atomic E-state index is 12.9. The van der Waals surface area contributed by atoms with Gasteiger partial charge in [-0.1, -0.05) is 23.7 Å². The smallest absolute Gasteiger partial charge is 0.352 e. The van der Waals surface area contributed by atoms with Gasteiger partial charge in [0.2, 0.25) is 0 Å². The van der Waals surface area contributed by atoms with E-state index in [1.165, 1.54) is 0 Å². The summed E-state index contributed by atoms with van der Waals surface area (Å²) in [6.07, 6.45) is 2.04. The minimum Gasteiger partial charge on any atom is -0.490 e. The van der Waals surface area contributed by atoms with E-state index in [2.05, 4.69) is 5.32 Å². The fraction of sp³-hybridized carbons (Fsp3) is 0.500. The van der Waals surface area contributed by atoms with Crippen LogP contribution in [0.25, 0.3) is 10.4 Å². The Morgan fingerprint density at radius 1 is 1.21 bits per heavy atom. The lowest BCUT2D eigenvalue weighted by Crippen LogP contribution is -2.34. The average molecular weight is 496 g/mol. The van der Waals surface area contributed by atoms with Crippen molar-refractivity contribution in [3.63, 3.8) is 0 Å². The number of ether oxygens (including phenoxy) is 4. The maximum Gasteiger partial charge on any atom is 0.352 e.